The fraction of sp³-hybridized carbons (Fsp3) is 0.600. The van der Waals surface area contributed by atoms with Gasteiger partial charge in [-0.25, -0.2) is 0 Å². The van der Waals surface area contributed by atoms with E-state index in [2.05, 4.69) is 22.8 Å². The third-order valence-electron chi connectivity index (χ3n) is 3.60. The molecular formula is C15H21F3N2. The van der Waals surface area contributed by atoms with E-state index in [1.807, 2.05) is 12.1 Å². The van der Waals surface area contributed by atoms with Gasteiger partial charge in [0.15, 0.2) is 0 Å². The number of fused-ring (bicyclic) bond motifs is 1. The Morgan fingerprint density at radius 3 is 2.80 bits per heavy atom. The molecule has 0 amide bonds. The van der Waals surface area contributed by atoms with Crippen molar-refractivity contribution in [2.75, 3.05) is 25.0 Å². The van der Waals surface area contributed by atoms with Crippen LogP contribution in [0.3, 0.4) is 0 Å². The Morgan fingerprint density at radius 1 is 1.20 bits per heavy atom. The van der Waals surface area contributed by atoms with Gasteiger partial charge in [0.2, 0.25) is 0 Å². The molecule has 1 atom stereocenters. The smallest absolute Gasteiger partial charge is 0.384 e. The fourth-order valence-electron chi connectivity index (χ4n) is 2.53. The van der Waals surface area contributed by atoms with E-state index < -0.39 is 12.6 Å². The van der Waals surface area contributed by atoms with E-state index in [0.717, 1.165) is 19.5 Å². The maximum Gasteiger partial charge on any atom is 0.389 e. The maximum absolute atomic E-state index is 12.0. The van der Waals surface area contributed by atoms with Crippen LogP contribution < -0.4 is 10.6 Å². The predicted octanol–water partition coefficient (Wildman–Crippen LogP) is 3.59. The van der Waals surface area contributed by atoms with Crippen molar-refractivity contribution >= 4 is 5.69 Å². The number of para-hydroxylation sites is 1. The minimum atomic E-state index is -4.02. The summed E-state index contributed by atoms with van der Waals surface area (Å²) in [4.78, 5) is 0. The monoisotopic (exact) mass is 286 g/mol. The molecule has 0 bridgehead atoms. The molecule has 0 aromatic heterocycles. The van der Waals surface area contributed by atoms with E-state index in [1.54, 1.807) is 0 Å². The number of benzene rings is 1. The first-order chi connectivity index (χ1) is 9.54. The number of hydrogen-bond acceptors (Lipinski definition) is 2. The Bertz CT molecular complexity index is 418. The molecule has 5 heteroatoms. The summed E-state index contributed by atoms with van der Waals surface area (Å²) < 4.78 is 35.9. The molecule has 0 fully saturated rings. The number of nitrogens with one attached hydrogen (secondary N) is 2. The molecule has 1 unspecified atom stereocenters. The molecule has 0 spiro atoms. The van der Waals surface area contributed by atoms with Gasteiger partial charge in [-0.1, -0.05) is 18.2 Å². The Kier molecular flexibility index (Phi) is 5.29. The molecule has 112 valence electrons. The predicted molar refractivity (Wildman–Crippen MR) is 74.9 cm³/mol. The lowest BCUT2D eigenvalue weighted by molar-refractivity contribution is -0.135. The number of anilines is 1. The fourth-order valence-corrected chi connectivity index (χ4v) is 2.53. The molecular weight excluding hydrogens is 265 g/mol. The van der Waals surface area contributed by atoms with Crippen LogP contribution >= 0.6 is 0 Å². The van der Waals surface area contributed by atoms with Gasteiger partial charge in [0.05, 0.1) is 0 Å². The molecule has 2 rings (SSSR count). The van der Waals surface area contributed by atoms with Crippen LogP contribution in [0.25, 0.3) is 0 Å². The quantitative estimate of drug-likeness (QED) is 0.781. The van der Waals surface area contributed by atoms with Crippen LogP contribution in [0, 0.1) is 5.92 Å². The van der Waals surface area contributed by atoms with Crippen LogP contribution in [-0.4, -0.2) is 25.8 Å². The Labute approximate surface area is 117 Å². The van der Waals surface area contributed by atoms with Crippen molar-refractivity contribution in [3.63, 3.8) is 0 Å². The zero-order valence-electron chi connectivity index (χ0n) is 11.5. The molecule has 1 aromatic carbocycles. The molecule has 0 saturated carbocycles. The normalized spacial score (nSPS) is 18.4. The van der Waals surface area contributed by atoms with Gasteiger partial charge >= 0.3 is 6.18 Å². The van der Waals surface area contributed by atoms with E-state index in [9.17, 15) is 13.2 Å². The van der Waals surface area contributed by atoms with Crippen molar-refractivity contribution < 1.29 is 13.2 Å². The molecule has 1 aliphatic heterocycles. The first-order valence-electron chi connectivity index (χ1n) is 7.14. The summed E-state index contributed by atoms with van der Waals surface area (Å²) >= 11 is 0. The van der Waals surface area contributed by atoms with Crippen LogP contribution in [0.1, 0.15) is 24.8 Å². The van der Waals surface area contributed by atoms with Crippen LogP contribution in [0.5, 0.6) is 0 Å². The average molecular weight is 286 g/mol. The van der Waals surface area contributed by atoms with Gasteiger partial charge in [-0.2, -0.15) is 13.2 Å². The summed E-state index contributed by atoms with van der Waals surface area (Å²) in [6.45, 7) is 2.44. The zero-order chi connectivity index (χ0) is 14.4. The highest BCUT2D eigenvalue weighted by Crippen LogP contribution is 2.24. The summed E-state index contributed by atoms with van der Waals surface area (Å²) in [5, 5.41) is 6.66. The maximum atomic E-state index is 12.0. The second-order valence-electron chi connectivity index (χ2n) is 5.38. The molecule has 2 N–H and O–H groups in total. The molecule has 0 saturated heterocycles. The number of rotatable bonds is 6. The Balaban J connectivity index is 1.60. The second kappa shape index (κ2) is 6.97. The molecule has 0 radical (unpaired) electrons. The Morgan fingerprint density at radius 2 is 2.00 bits per heavy atom. The van der Waals surface area contributed by atoms with Gasteiger partial charge in [0.25, 0.3) is 0 Å². The minimum absolute atomic E-state index is 0.211. The van der Waals surface area contributed by atoms with E-state index in [4.69, 9.17) is 0 Å². The molecule has 2 nitrogen and oxygen atoms in total. The summed E-state index contributed by atoms with van der Waals surface area (Å²) in [5.74, 6) is 0.507. The molecule has 20 heavy (non-hydrogen) atoms. The van der Waals surface area contributed by atoms with Gasteiger partial charge in [-0.3, -0.25) is 0 Å². The van der Waals surface area contributed by atoms with Crippen molar-refractivity contribution in [2.45, 2.75) is 31.9 Å². The van der Waals surface area contributed by atoms with Crippen molar-refractivity contribution in [1.29, 1.82) is 0 Å². The molecule has 1 heterocycles. The van der Waals surface area contributed by atoms with Crippen LogP contribution in [-0.2, 0) is 6.42 Å². The summed E-state index contributed by atoms with van der Waals surface area (Å²) in [6.07, 6.45) is -2.87. The highest BCUT2D eigenvalue weighted by Gasteiger charge is 2.25. The van der Waals surface area contributed by atoms with E-state index in [1.165, 1.54) is 11.3 Å². The minimum Gasteiger partial charge on any atom is -0.384 e. The van der Waals surface area contributed by atoms with Crippen molar-refractivity contribution in [3.8, 4) is 0 Å². The number of halogens is 3. The topological polar surface area (TPSA) is 24.1 Å². The number of alkyl halides is 3. The van der Waals surface area contributed by atoms with Crippen LogP contribution in [0.4, 0.5) is 18.9 Å². The molecule has 1 aromatic rings. The first-order valence-corrected chi connectivity index (χ1v) is 7.14. The van der Waals surface area contributed by atoms with Gasteiger partial charge in [0.1, 0.15) is 0 Å². The average Bonchev–Trinajstić information content (AvgIpc) is 2.41. The second-order valence-corrected chi connectivity index (χ2v) is 5.38. The summed E-state index contributed by atoms with van der Waals surface area (Å²) in [5.41, 5.74) is 2.52. The number of unbranched alkanes of at least 4 members (excludes halogenated alkanes) is 1. The molecule has 1 aliphatic rings. The van der Waals surface area contributed by atoms with Crippen molar-refractivity contribution in [1.82, 2.24) is 5.32 Å². The third kappa shape index (κ3) is 5.04. The lowest BCUT2D eigenvalue weighted by Gasteiger charge is -2.26. The van der Waals surface area contributed by atoms with Gasteiger partial charge in [-0.15, -0.1) is 0 Å². The highest BCUT2D eigenvalue weighted by molar-refractivity contribution is 5.53. The summed E-state index contributed by atoms with van der Waals surface area (Å²) in [7, 11) is 0. The van der Waals surface area contributed by atoms with E-state index in [-0.39, 0.29) is 6.42 Å². The van der Waals surface area contributed by atoms with Crippen LogP contribution in [0.2, 0.25) is 0 Å². The van der Waals surface area contributed by atoms with Crippen molar-refractivity contribution in [3.05, 3.63) is 29.8 Å². The van der Waals surface area contributed by atoms with Crippen LogP contribution in [0.15, 0.2) is 24.3 Å². The van der Waals surface area contributed by atoms with Gasteiger partial charge < -0.3 is 10.6 Å². The largest absolute Gasteiger partial charge is 0.389 e. The zero-order valence-corrected chi connectivity index (χ0v) is 11.5. The SMILES string of the molecule is FC(F)(F)CCCCNCC1CNc2ccccc2C1. The first kappa shape index (κ1) is 15.2. The molecule has 0 aliphatic carbocycles. The van der Waals surface area contributed by atoms with Gasteiger partial charge in [-0.05, 0) is 49.9 Å². The highest BCUT2D eigenvalue weighted by atomic mass is 19.4. The third-order valence-corrected chi connectivity index (χ3v) is 3.60. The van der Waals surface area contributed by atoms with E-state index in [0.29, 0.717) is 18.9 Å². The standard InChI is InChI=1S/C15H21F3N2/c16-15(17,18)7-3-4-8-19-10-12-9-13-5-1-2-6-14(13)20-11-12/h1-2,5-6,12,19-20H,3-4,7-11H2. The van der Waals surface area contributed by atoms with Gasteiger partial charge in [0, 0.05) is 18.7 Å². The Hall–Kier alpha value is -1.23. The summed E-state index contributed by atoms with van der Waals surface area (Å²) in [6, 6.07) is 8.26. The van der Waals surface area contributed by atoms with E-state index >= 15 is 0 Å². The lowest BCUT2D eigenvalue weighted by Crippen LogP contribution is -2.33. The lowest BCUT2D eigenvalue weighted by atomic mass is 9.94. The number of hydrogen-bond donors (Lipinski definition) is 2. The van der Waals surface area contributed by atoms with Crippen molar-refractivity contribution in [2.24, 2.45) is 5.92 Å².